The molecule has 3 rings (SSSR count). The number of amides is 3. The van der Waals surface area contributed by atoms with E-state index >= 15 is 0 Å². The van der Waals surface area contributed by atoms with Gasteiger partial charge in [0.15, 0.2) is 5.82 Å². The van der Waals surface area contributed by atoms with E-state index in [4.69, 9.17) is 4.74 Å². The summed E-state index contributed by atoms with van der Waals surface area (Å²) in [4.78, 5) is 53.0. The molecule has 1 aliphatic rings. The number of aromatic nitrogens is 2. The van der Waals surface area contributed by atoms with Crippen LogP contribution in [0.4, 0.5) is 27.0 Å². The van der Waals surface area contributed by atoms with Gasteiger partial charge in [-0.3, -0.25) is 4.90 Å². The van der Waals surface area contributed by atoms with Crippen LogP contribution in [0.3, 0.4) is 0 Å². The molecular weight excluding hydrogens is 502 g/mol. The lowest BCUT2D eigenvalue weighted by atomic mass is 9.92. The summed E-state index contributed by atoms with van der Waals surface area (Å²) < 4.78 is 5.46. The number of aliphatic carboxylic acids is 1. The zero-order valence-corrected chi connectivity index (χ0v) is 23.6. The second-order valence-corrected chi connectivity index (χ2v) is 9.96. The molecule has 1 aromatic heterocycles. The van der Waals surface area contributed by atoms with Crippen LogP contribution in [0.15, 0.2) is 30.5 Å². The molecule has 12 heteroatoms. The standard InChI is InChI=1S/C27H39N7O5/c1-7-33(8-2)24-28-18-21(32(6)25(37)31(4)5)22(29-24)30-27(3,23(35)36)17-19-11-13-20(14-12-19)39-26(38)34-15-9-10-16-34/h11-14,18H,7-10,15-17H2,1-6H3,(H,35,36)(H,28,29,30)/t27-/m0/s1. The number of ether oxygens (including phenoxy) is 1. The van der Waals surface area contributed by atoms with E-state index in [1.54, 1.807) is 57.2 Å². The minimum absolute atomic E-state index is 0.0953. The summed E-state index contributed by atoms with van der Waals surface area (Å²) in [6, 6.07) is 6.47. The monoisotopic (exact) mass is 541 g/mol. The van der Waals surface area contributed by atoms with Gasteiger partial charge in [0.1, 0.15) is 17.0 Å². The summed E-state index contributed by atoms with van der Waals surface area (Å²) in [5, 5.41) is 13.4. The summed E-state index contributed by atoms with van der Waals surface area (Å²) in [5.41, 5.74) is -0.425. The Balaban J connectivity index is 1.88. The quantitative estimate of drug-likeness (QED) is 0.464. The first-order valence-electron chi connectivity index (χ1n) is 13.1. The van der Waals surface area contributed by atoms with E-state index in [0.717, 1.165) is 12.8 Å². The fourth-order valence-electron chi connectivity index (χ4n) is 4.35. The number of hydrogen-bond acceptors (Lipinski definition) is 8. The average Bonchev–Trinajstić information content (AvgIpc) is 3.45. The Labute approximate surface area is 229 Å². The van der Waals surface area contributed by atoms with E-state index < -0.39 is 11.5 Å². The summed E-state index contributed by atoms with van der Waals surface area (Å²) in [6.07, 6.45) is 3.18. The Hall–Kier alpha value is -4.09. The van der Waals surface area contributed by atoms with Gasteiger partial charge in [-0.2, -0.15) is 4.98 Å². The van der Waals surface area contributed by atoms with E-state index in [1.165, 1.54) is 16.0 Å². The average molecular weight is 542 g/mol. The first kappa shape index (κ1) is 29.5. The molecule has 12 nitrogen and oxygen atoms in total. The van der Waals surface area contributed by atoms with Crippen LogP contribution in [-0.4, -0.2) is 95.8 Å². The second kappa shape index (κ2) is 12.6. The number of urea groups is 1. The fraction of sp³-hybridized carbons (Fsp3) is 0.519. The van der Waals surface area contributed by atoms with E-state index in [-0.39, 0.29) is 24.4 Å². The summed E-state index contributed by atoms with van der Waals surface area (Å²) in [7, 11) is 4.85. The molecular formula is C27H39N7O5. The summed E-state index contributed by atoms with van der Waals surface area (Å²) in [6.45, 7) is 8.21. The SMILES string of the molecule is CCN(CC)c1ncc(N(C)C(=O)N(C)C)c(N[C@@](C)(Cc2ccc(OC(=O)N3CCCC3)cc2)C(=O)O)n1. The fourth-order valence-corrected chi connectivity index (χ4v) is 4.35. The number of nitrogens with zero attached hydrogens (tertiary/aromatic N) is 6. The summed E-state index contributed by atoms with van der Waals surface area (Å²) >= 11 is 0. The van der Waals surface area contributed by atoms with Gasteiger partial charge in [0.25, 0.3) is 0 Å². The van der Waals surface area contributed by atoms with Crippen molar-refractivity contribution < 1.29 is 24.2 Å². The highest BCUT2D eigenvalue weighted by Crippen LogP contribution is 2.30. The van der Waals surface area contributed by atoms with Crippen LogP contribution in [0, 0.1) is 0 Å². The highest BCUT2D eigenvalue weighted by atomic mass is 16.6. The predicted molar refractivity (Wildman–Crippen MR) is 150 cm³/mol. The van der Waals surface area contributed by atoms with Crippen molar-refractivity contribution in [2.75, 3.05) is 62.4 Å². The Morgan fingerprint density at radius 3 is 2.23 bits per heavy atom. The molecule has 2 aromatic rings. The number of carboxylic acid groups (broad SMARTS) is 1. The van der Waals surface area contributed by atoms with Gasteiger partial charge in [-0.05, 0) is 51.3 Å². The normalized spacial score (nSPS) is 14.4. The smallest absolute Gasteiger partial charge is 0.415 e. The zero-order valence-electron chi connectivity index (χ0n) is 23.6. The van der Waals surface area contributed by atoms with Gasteiger partial charge in [-0.1, -0.05) is 12.1 Å². The molecule has 0 spiro atoms. The number of anilines is 3. The number of benzene rings is 1. The number of nitrogens with one attached hydrogen (secondary N) is 1. The van der Waals surface area contributed by atoms with E-state index in [2.05, 4.69) is 15.3 Å². The molecule has 1 fully saturated rings. The number of carbonyl (C=O) groups is 3. The van der Waals surface area contributed by atoms with Gasteiger partial charge < -0.3 is 29.9 Å². The zero-order chi connectivity index (χ0) is 28.7. The van der Waals surface area contributed by atoms with E-state index in [1.807, 2.05) is 18.7 Å². The van der Waals surface area contributed by atoms with Crippen molar-refractivity contribution in [3.63, 3.8) is 0 Å². The third-order valence-electron chi connectivity index (χ3n) is 6.75. The molecule has 1 aromatic carbocycles. The lowest BCUT2D eigenvalue weighted by Crippen LogP contribution is -2.46. The summed E-state index contributed by atoms with van der Waals surface area (Å²) in [5.74, 6) is -0.0477. The predicted octanol–water partition coefficient (Wildman–Crippen LogP) is 3.53. The maximum Gasteiger partial charge on any atom is 0.415 e. The second-order valence-electron chi connectivity index (χ2n) is 9.96. The molecule has 0 bridgehead atoms. The molecule has 39 heavy (non-hydrogen) atoms. The Bertz CT molecular complexity index is 1160. The van der Waals surface area contributed by atoms with Gasteiger partial charge in [0, 0.05) is 53.7 Å². The third kappa shape index (κ3) is 7.06. The van der Waals surface area contributed by atoms with Crippen LogP contribution < -0.4 is 19.9 Å². The van der Waals surface area contributed by atoms with Crippen LogP contribution in [0.1, 0.15) is 39.2 Å². The molecule has 1 aliphatic heterocycles. The molecule has 1 atom stereocenters. The Kier molecular flexibility index (Phi) is 9.55. The van der Waals surface area contributed by atoms with Gasteiger partial charge in [0.05, 0.1) is 6.20 Å². The minimum Gasteiger partial charge on any atom is -0.480 e. The number of carbonyl (C=O) groups excluding carboxylic acids is 2. The van der Waals surface area contributed by atoms with Crippen LogP contribution in [0.2, 0.25) is 0 Å². The third-order valence-corrected chi connectivity index (χ3v) is 6.75. The van der Waals surface area contributed by atoms with Gasteiger partial charge in [-0.15, -0.1) is 0 Å². The molecule has 1 saturated heterocycles. The maximum atomic E-state index is 12.7. The first-order chi connectivity index (χ1) is 18.5. The van der Waals surface area contributed by atoms with Crippen LogP contribution in [0.25, 0.3) is 0 Å². The van der Waals surface area contributed by atoms with Crippen molar-refractivity contribution in [2.45, 2.75) is 45.6 Å². The van der Waals surface area contributed by atoms with Gasteiger partial charge in [0.2, 0.25) is 5.95 Å². The lowest BCUT2D eigenvalue weighted by Gasteiger charge is -2.31. The first-order valence-corrected chi connectivity index (χ1v) is 13.1. The highest BCUT2D eigenvalue weighted by Gasteiger charge is 2.36. The molecule has 3 amide bonds. The van der Waals surface area contributed by atoms with E-state index in [9.17, 15) is 19.5 Å². The number of likely N-dealkylation sites (tertiary alicyclic amines) is 1. The molecule has 2 N–H and O–H groups in total. The molecule has 0 aliphatic carbocycles. The number of carboxylic acids is 1. The minimum atomic E-state index is -1.49. The molecule has 0 unspecified atom stereocenters. The molecule has 212 valence electrons. The topological polar surface area (TPSA) is 131 Å². The molecule has 2 heterocycles. The van der Waals surface area contributed by atoms with Crippen molar-refractivity contribution in [3.8, 4) is 5.75 Å². The van der Waals surface area contributed by atoms with E-state index in [0.29, 0.717) is 49.1 Å². The Morgan fingerprint density at radius 1 is 1.08 bits per heavy atom. The van der Waals surface area contributed by atoms with Crippen molar-refractivity contribution in [1.29, 1.82) is 0 Å². The molecule has 0 saturated carbocycles. The number of rotatable bonds is 10. The molecule has 0 radical (unpaired) electrons. The van der Waals surface area contributed by atoms with Crippen molar-refractivity contribution in [2.24, 2.45) is 0 Å². The largest absolute Gasteiger partial charge is 0.480 e. The van der Waals surface area contributed by atoms with Crippen molar-refractivity contribution in [3.05, 3.63) is 36.0 Å². The van der Waals surface area contributed by atoms with Crippen LogP contribution in [0.5, 0.6) is 5.75 Å². The highest BCUT2D eigenvalue weighted by molar-refractivity contribution is 5.95. The van der Waals surface area contributed by atoms with Crippen LogP contribution in [-0.2, 0) is 11.2 Å². The van der Waals surface area contributed by atoms with Crippen molar-refractivity contribution >= 4 is 35.5 Å². The van der Waals surface area contributed by atoms with Gasteiger partial charge >= 0.3 is 18.1 Å². The maximum absolute atomic E-state index is 12.7. The van der Waals surface area contributed by atoms with Gasteiger partial charge in [-0.25, -0.2) is 19.4 Å². The van der Waals surface area contributed by atoms with Crippen LogP contribution >= 0.6 is 0 Å². The number of hydrogen-bond donors (Lipinski definition) is 2. The van der Waals surface area contributed by atoms with Crippen molar-refractivity contribution in [1.82, 2.24) is 19.8 Å². The lowest BCUT2D eigenvalue weighted by molar-refractivity contribution is -0.141. The Morgan fingerprint density at radius 2 is 1.69 bits per heavy atom.